The Balaban J connectivity index is 1.48. The van der Waals surface area contributed by atoms with Gasteiger partial charge in [0.25, 0.3) is 0 Å². The van der Waals surface area contributed by atoms with Gasteiger partial charge in [0.1, 0.15) is 6.61 Å². The van der Waals surface area contributed by atoms with Gasteiger partial charge < -0.3 is 10.1 Å². The van der Waals surface area contributed by atoms with E-state index in [9.17, 15) is 4.79 Å². The average Bonchev–Trinajstić information content (AvgIpc) is 3.00. The van der Waals surface area contributed by atoms with E-state index >= 15 is 0 Å². The zero-order chi connectivity index (χ0) is 20.8. The molecule has 0 amide bonds. The first-order valence-electron chi connectivity index (χ1n) is 12.1. The number of allylic oxidation sites excluding steroid dienone is 1. The van der Waals surface area contributed by atoms with Crippen molar-refractivity contribution in [1.29, 1.82) is 0 Å². The molecule has 0 saturated heterocycles. The molecule has 3 nitrogen and oxygen atoms in total. The van der Waals surface area contributed by atoms with E-state index in [0.29, 0.717) is 28.2 Å². The molecule has 5 rings (SSSR count). The molecule has 3 heteroatoms. The normalized spacial score (nSPS) is 51.9. The average molecular weight is 400 g/mol. The first-order chi connectivity index (χ1) is 13.7. The predicted octanol–water partition coefficient (Wildman–Crippen LogP) is 5.01. The Morgan fingerprint density at radius 2 is 1.86 bits per heavy atom. The maximum atomic E-state index is 12.8. The molecule has 5 aliphatic rings. The standard InChI is InChI=1S/C26H41NO2/c1-16-25-14-13-24(4)17(7-8-19(24)20(28)15-29-6)18(25)9-10-21-23(2,3)22(27-5)11-12-26(16,21)25/h8,16-18,21-22,27H,7,9-15H2,1-6H3. The fourth-order valence-electron chi connectivity index (χ4n) is 10.4. The van der Waals surface area contributed by atoms with Gasteiger partial charge in [0.15, 0.2) is 5.78 Å². The van der Waals surface area contributed by atoms with Crippen LogP contribution in [0.3, 0.4) is 0 Å². The highest BCUT2D eigenvalue weighted by atomic mass is 16.5. The zero-order valence-electron chi connectivity index (χ0n) is 19.4. The number of hydrogen-bond donors (Lipinski definition) is 1. The maximum absolute atomic E-state index is 12.8. The molecule has 8 unspecified atom stereocenters. The Labute approximate surface area is 177 Å². The number of Topliss-reactive ketones (excluding diaryl/α,β-unsaturated/α-hetero) is 1. The summed E-state index contributed by atoms with van der Waals surface area (Å²) < 4.78 is 5.21. The summed E-state index contributed by atoms with van der Waals surface area (Å²) in [6, 6.07) is 0.653. The molecular formula is C26H41NO2. The topological polar surface area (TPSA) is 38.3 Å². The van der Waals surface area contributed by atoms with E-state index in [2.05, 4.69) is 46.1 Å². The highest BCUT2D eigenvalue weighted by Crippen LogP contribution is 2.89. The van der Waals surface area contributed by atoms with Gasteiger partial charge in [-0.05, 0) is 103 Å². The number of carbonyl (C=O) groups excluding carboxylic acids is 1. The minimum atomic E-state index is 0.0829. The van der Waals surface area contributed by atoms with Gasteiger partial charge in [0, 0.05) is 13.2 Å². The first kappa shape index (κ1) is 20.2. The first-order valence-corrected chi connectivity index (χ1v) is 12.1. The van der Waals surface area contributed by atoms with Gasteiger partial charge in [0.05, 0.1) is 0 Å². The van der Waals surface area contributed by atoms with E-state index in [4.69, 9.17) is 4.74 Å². The van der Waals surface area contributed by atoms with Crippen molar-refractivity contribution in [3.05, 3.63) is 11.6 Å². The molecule has 0 heterocycles. The highest BCUT2D eigenvalue weighted by Gasteiger charge is 2.84. The van der Waals surface area contributed by atoms with E-state index in [-0.39, 0.29) is 17.8 Å². The Morgan fingerprint density at radius 1 is 1.10 bits per heavy atom. The molecule has 1 N–H and O–H groups in total. The van der Waals surface area contributed by atoms with Crippen LogP contribution in [0.2, 0.25) is 0 Å². The minimum Gasteiger partial charge on any atom is -0.377 e. The molecule has 4 saturated carbocycles. The molecule has 0 aliphatic heterocycles. The Morgan fingerprint density at radius 3 is 2.55 bits per heavy atom. The Hall–Kier alpha value is -0.670. The quantitative estimate of drug-likeness (QED) is 0.722. The number of methoxy groups -OCH3 is 1. The van der Waals surface area contributed by atoms with E-state index in [0.717, 1.165) is 29.7 Å². The van der Waals surface area contributed by atoms with Crippen LogP contribution in [0.5, 0.6) is 0 Å². The second-order valence-electron chi connectivity index (χ2n) is 12.0. The van der Waals surface area contributed by atoms with Crippen molar-refractivity contribution in [2.45, 2.75) is 78.7 Å². The smallest absolute Gasteiger partial charge is 0.184 e. The molecule has 0 bridgehead atoms. The van der Waals surface area contributed by atoms with Crippen molar-refractivity contribution >= 4 is 5.78 Å². The lowest BCUT2D eigenvalue weighted by Crippen LogP contribution is -2.56. The lowest BCUT2D eigenvalue weighted by molar-refractivity contribution is -0.122. The number of hydrogen-bond acceptors (Lipinski definition) is 3. The third-order valence-corrected chi connectivity index (χ3v) is 11.5. The largest absolute Gasteiger partial charge is 0.377 e. The number of nitrogens with one attached hydrogen (secondary N) is 1. The van der Waals surface area contributed by atoms with Crippen molar-refractivity contribution in [2.75, 3.05) is 20.8 Å². The lowest BCUT2D eigenvalue weighted by Gasteiger charge is -2.59. The van der Waals surface area contributed by atoms with Crippen molar-refractivity contribution < 1.29 is 9.53 Å². The number of fused-ring (bicyclic) bond motifs is 2. The number of rotatable bonds is 4. The SMILES string of the molecule is CNC1CCC23C(CCC4C5CC=C(C(=O)COC)C5(C)CCC42C3C)C1(C)C. The third-order valence-electron chi connectivity index (χ3n) is 11.5. The number of carbonyl (C=O) groups is 1. The second-order valence-corrected chi connectivity index (χ2v) is 12.0. The highest BCUT2D eigenvalue weighted by molar-refractivity contribution is 5.98. The maximum Gasteiger partial charge on any atom is 0.184 e. The van der Waals surface area contributed by atoms with Crippen LogP contribution in [0.1, 0.15) is 72.6 Å². The van der Waals surface area contributed by atoms with E-state index in [1.807, 2.05) is 0 Å². The number of ketones is 1. The van der Waals surface area contributed by atoms with Crippen molar-refractivity contribution in [3.8, 4) is 0 Å². The van der Waals surface area contributed by atoms with Crippen LogP contribution >= 0.6 is 0 Å². The summed E-state index contributed by atoms with van der Waals surface area (Å²) in [6.45, 7) is 10.3. The number of ether oxygens (including phenoxy) is 1. The van der Waals surface area contributed by atoms with Crippen molar-refractivity contribution in [2.24, 2.45) is 45.3 Å². The molecule has 0 radical (unpaired) electrons. The summed E-state index contributed by atoms with van der Waals surface area (Å²) >= 11 is 0. The summed E-state index contributed by atoms with van der Waals surface area (Å²) in [5.41, 5.74) is 2.67. The van der Waals surface area contributed by atoms with E-state index in [1.54, 1.807) is 7.11 Å². The van der Waals surface area contributed by atoms with Crippen molar-refractivity contribution in [3.63, 3.8) is 0 Å². The van der Waals surface area contributed by atoms with Gasteiger partial charge in [-0.2, -0.15) is 0 Å². The molecule has 8 atom stereocenters. The van der Waals surface area contributed by atoms with E-state index in [1.165, 1.54) is 38.5 Å². The zero-order valence-corrected chi connectivity index (χ0v) is 19.4. The molecule has 0 aromatic rings. The van der Waals surface area contributed by atoms with Crippen LogP contribution in [0.15, 0.2) is 11.6 Å². The lowest BCUT2D eigenvalue weighted by atomic mass is 9.46. The summed E-state index contributed by atoms with van der Waals surface area (Å²) in [6.07, 6.45) is 11.5. The van der Waals surface area contributed by atoms with Crippen molar-refractivity contribution in [1.82, 2.24) is 5.32 Å². The van der Waals surface area contributed by atoms with Crippen LogP contribution in [0.4, 0.5) is 0 Å². The van der Waals surface area contributed by atoms with Crippen LogP contribution < -0.4 is 5.32 Å². The van der Waals surface area contributed by atoms with Gasteiger partial charge in [-0.25, -0.2) is 0 Å². The third kappa shape index (κ3) is 2.15. The summed E-state index contributed by atoms with van der Waals surface area (Å²) in [5.74, 6) is 3.41. The molecule has 4 fully saturated rings. The van der Waals surface area contributed by atoms with Crippen LogP contribution in [-0.2, 0) is 9.53 Å². The molecule has 29 heavy (non-hydrogen) atoms. The summed E-state index contributed by atoms with van der Waals surface area (Å²) in [4.78, 5) is 12.8. The van der Waals surface area contributed by atoms with Gasteiger partial charge in [-0.3, -0.25) is 4.79 Å². The van der Waals surface area contributed by atoms with E-state index < -0.39 is 0 Å². The van der Waals surface area contributed by atoms with Crippen LogP contribution in [-0.4, -0.2) is 32.6 Å². The summed E-state index contributed by atoms with van der Waals surface area (Å²) in [7, 11) is 3.81. The second kappa shape index (κ2) is 6.19. The fourth-order valence-corrected chi connectivity index (χ4v) is 10.4. The van der Waals surface area contributed by atoms with Gasteiger partial charge in [-0.15, -0.1) is 0 Å². The molecular weight excluding hydrogens is 358 g/mol. The monoisotopic (exact) mass is 399 g/mol. The predicted molar refractivity (Wildman–Crippen MR) is 117 cm³/mol. The molecule has 0 aromatic heterocycles. The molecule has 0 aromatic carbocycles. The summed E-state index contributed by atoms with van der Waals surface area (Å²) in [5, 5.41) is 3.66. The Kier molecular flexibility index (Phi) is 4.32. The Bertz CT molecular complexity index is 756. The van der Waals surface area contributed by atoms with Gasteiger partial charge in [-0.1, -0.05) is 33.8 Å². The van der Waals surface area contributed by atoms with Crippen LogP contribution in [0, 0.1) is 45.3 Å². The minimum absolute atomic E-state index is 0.0829. The van der Waals surface area contributed by atoms with Gasteiger partial charge in [0.2, 0.25) is 0 Å². The molecule has 162 valence electrons. The molecule has 2 spiro atoms. The molecule has 5 aliphatic carbocycles. The van der Waals surface area contributed by atoms with Crippen LogP contribution in [0.25, 0.3) is 0 Å². The van der Waals surface area contributed by atoms with Gasteiger partial charge >= 0.3 is 0 Å². The fraction of sp³-hybridized carbons (Fsp3) is 0.885.